The summed E-state index contributed by atoms with van der Waals surface area (Å²) in [6.45, 7) is 13.8. The summed E-state index contributed by atoms with van der Waals surface area (Å²) < 4.78 is 0. The molecule has 2 heteroatoms. The van der Waals surface area contributed by atoms with E-state index in [1.54, 1.807) is 0 Å². The van der Waals surface area contributed by atoms with Crippen molar-refractivity contribution >= 4 is 8.07 Å². The monoisotopic (exact) mass is 183 g/mol. The van der Waals surface area contributed by atoms with Crippen LogP contribution in [0.1, 0.15) is 13.3 Å². The van der Waals surface area contributed by atoms with Gasteiger partial charge >= 0.3 is 0 Å². The fourth-order valence-corrected chi connectivity index (χ4v) is 5.29. The number of hydrogen-bond donors (Lipinski definition) is 0. The van der Waals surface area contributed by atoms with Gasteiger partial charge in [0.15, 0.2) is 0 Å². The van der Waals surface area contributed by atoms with Crippen LogP contribution in [0, 0.1) is 0 Å². The molecular formula is C10H21NSi. The van der Waals surface area contributed by atoms with Crippen LogP contribution >= 0.6 is 0 Å². The highest BCUT2D eigenvalue weighted by Crippen LogP contribution is 2.18. The van der Waals surface area contributed by atoms with Crippen LogP contribution < -0.4 is 0 Å². The molecule has 0 saturated carbocycles. The normalized spacial score (nSPS) is 18.9. The zero-order valence-corrected chi connectivity index (χ0v) is 9.69. The van der Waals surface area contributed by atoms with Crippen LogP contribution in [0.2, 0.25) is 19.1 Å². The SMILES string of the molecule is C=C(C)C[Si](C)(C)CN1CCC1. The molecule has 1 rings (SSSR count). The summed E-state index contributed by atoms with van der Waals surface area (Å²) in [6.07, 6.45) is 2.79. The largest absolute Gasteiger partial charge is 0.306 e. The van der Waals surface area contributed by atoms with Crippen LogP contribution in [-0.2, 0) is 0 Å². The Hall–Kier alpha value is -0.0831. The van der Waals surface area contributed by atoms with Crippen molar-refractivity contribution < 1.29 is 0 Å². The second kappa shape index (κ2) is 3.75. The van der Waals surface area contributed by atoms with Gasteiger partial charge < -0.3 is 4.90 Å². The van der Waals surface area contributed by atoms with E-state index in [1.807, 2.05) is 0 Å². The molecule has 0 atom stereocenters. The van der Waals surface area contributed by atoms with Crippen molar-refractivity contribution in [3.8, 4) is 0 Å². The van der Waals surface area contributed by atoms with Gasteiger partial charge in [0, 0.05) is 0 Å². The smallest absolute Gasteiger partial charge is 0.0669 e. The second-order valence-corrected chi connectivity index (χ2v) is 9.93. The molecule has 1 aliphatic heterocycles. The molecule has 1 fully saturated rings. The Balaban J connectivity index is 2.30. The Morgan fingerprint density at radius 1 is 1.42 bits per heavy atom. The summed E-state index contributed by atoms with van der Waals surface area (Å²) in [4.78, 5) is 2.59. The van der Waals surface area contributed by atoms with Gasteiger partial charge in [0.2, 0.25) is 0 Å². The summed E-state index contributed by atoms with van der Waals surface area (Å²) in [5, 5.41) is 0. The predicted molar refractivity (Wildman–Crippen MR) is 58.2 cm³/mol. The van der Waals surface area contributed by atoms with Crippen molar-refractivity contribution in [2.45, 2.75) is 32.5 Å². The molecule has 0 aromatic heterocycles. The molecule has 12 heavy (non-hydrogen) atoms. The van der Waals surface area contributed by atoms with Crippen LogP contribution in [0.3, 0.4) is 0 Å². The summed E-state index contributed by atoms with van der Waals surface area (Å²) >= 11 is 0. The standard InChI is InChI=1S/C10H21NSi/c1-10(2)8-12(3,4)9-11-6-5-7-11/h1,5-9H2,2-4H3. The Kier molecular flexibility index (Phi) is 3.13. The van der Waals surface area contributed by atoms with Gasteiger partial charge in [-0.1, -0.05) is 18.7 Å². The molecule has 0 aromatic rings. The first-order chi connectivity index (χ1) is 5.49. The highest BCUT2D eigenvalue weighted by Gasteiger charge is 2.26. The summed E-state index contributed by atoms with van der Waals surface area (Å²) in [6, 6.07) is 1.30. The maximum Gasteiger partial charge on any atom is 0.0669 e. The van der Waals surface area contributed by atoms with Crippen LogP contribution in [0.4, 0.5) is 0 Å². The number of rotatable bonds is 4. The van der Waals surface area contributed by atoms with E-state index < -0.39 is 8.07 Å². The first-order valence-electron chi connectivity index (χ1n) is 4.86. The van der Waals surface area contributed by atoms with Gasteiger partial charge in [-0.25, -0.2) is 0 Å². The molecule has 0 spiro atoms. The molecule has 0 unspecified atom stereocenters. The van der Waals surface area contributed by atoms with Crippen molar-refractivity contribution in [3.63, 3.8) is 0 Å². The Labute approximate surface area is 77.5 Å². The number of allylic oxidation sites excluding steroid dienone is 1. The van der Waals surface area contributed by atoms with E-state index in [4.69, 9.17) is 0 Å². The zero-order chi connectivity index (χ0) is 9.19. The van der Waals surface area contributed by atoms with Crippen molar-refractivity contribution in [1.29, 1.82) is 0 Å². The molecule has 0 amide bonds. The van der Waals surface area contributed by atoms with Crippen molar-refractivity contribution in [3.05, 3.63) is 12.2 Å². The molecule has 0 bridgehead atoms. The lowest BCUT2D eigenvalue weighted by molar-refractivity contribution is 0.211. The molecule has 0 N–H and O–H groups in total. The summed E-state index contributed by atoms with van der Waals surface area (Å²) in [5.74, 6) is 0. The molecule has 1 heterocycles. The average Bonchev–Trinajstić information content (AvgIpc) is 1.76. The maximum absolute atomic E-state index is 4.01. The predicted octanol–water partition coefficient (Wildman–Crippen LogP) is 2.52. The lowest BCUT2D eigenvalue weighted by atomic mass is 10.2. The molecule has 1 aliphatic rings. The van der Waals surface area contributed by atoms with E-state index in [0.717, 1.165) is 0 Å². The van der Waals surface area contributed by atoms with E-state index in [0.29, 0.717) is 0 Å². The first-order valence-corrected chi connectivity index (χ1v) is 8.28. The zero-order valence-electron chi connectivity index (χ0n) is 8.69. The molecular weight excluding hydrogens is 162 g/mol. The average molecular weight is 183 g/mol. The Morgan fingerprint density at radius 3 is 2.33 bits per heavy atom. The third-order valence-electron chi connectivity index (χ3n) is 2.38. The minimum atomic E-state index is -0.973. The minimum absolute atomic E-state index is 0.973. The van der Waals surface area contributed by atoms with Crippen LogP contribution in [-0.4, -0.2) is 32.2 Å². The molecule has 1 nitrogen and oxygen atoms in total. The van der Waals surface area contributed by atoms with Gasteiger partial charge in [-0.05, 0) is 38.6 Å². The molecule has 1 saturated heterocycles. The van der Waals surface area contributed by atoms with Crippen molar-refractivity contribution in [2.75, 3.05) is 19.3 Å². The number of hydrogen-bond acceptors (Lipinski definition) is 1. The molecule has 0 radical (unpaired) electrons. The van der Waals surface area contributed by atoms with Gasteiger partial charge in [-0.3, -0.25) is 0 Å². The van der Waals surface area contributed by atoms with Gasteiger partial charge in [0.05, 0.1) is 8.07 Å². The van der Waals surface area contributed by atoms with E-state index in [1.165, 1.54) is 37.3 Å². The van der Waals surface area contributed by atoms with Crippen LogP contribution in [0.15, 0.2) is 12.2 Å². The lowest BCUT2D eigenvalue weighted by Crippen LogP contribution is -2.48. The Bertz CT molecular complexity index is 171. The van der Waals surface area contributed by atoms with E-state index in [2.05, 4.69) is 31.5 Å². The highest BCUT2D eigenvalue weighted by atomic mass is 28.3. The lowest BCUT2D eigenvalue weighted by Gasteiger charge is -2.37. The number of likely N-dealkylation sites (tertiary alicyclic amines) is 1. The third-order valence-corrected chi connectivity index (χ3v) is 5.24. The van der Waals surface area contributed by atoms with Gasteiger partial charge in [0.25, 0.3) is 0 Å². The second-order valence-electron chi connectivity index (χ2n) is 4.93. The van der Waals surface area contributed by atoms with E-state index in [9.17, 15) is 0 Å². The van der Waals surface area contributed by atoms with Crippen molar-refractivity contribution in [1.82, 2.24) is 4.90 Å². The number of nitrogens with zero attached hydrogens (tertiary/aromatic N) is 1. The van der Waals surface area contributed by atoms with Gasteiger partial charge in [0.1, 0.15) is 0 Å². The summed E-state index contributed by atoms with van der Waals surface area (Å²) in [7, 11) is -0.973. The minimum Gasteiger partial charge on any atom is -0.306 e. The quantitative estimate of drug-likeness (QED) is 0.478. The fourth-order valence-electron chi connectivity index (χ4n) is 2.02. The first kappa shape index (κ1) is 10.0. The van der Waals surface area contributed by atoms with Crippen molar-refractivity contribution in [2.24, 2.45) is 0 Å². The van der Waals surface area contributed by atoms with E-state index in [-0.39, 0.29) is 0 Å². The van der Waals surface area contributed by atoms with Gasteiger partial charge in [-0.2, -0.15) is 0 Å². The van der Waals surface area contributed by atoms with Gasteiger partial charge in [-0.15, -0.1) is 6.58 Å². The van der Waals surface area contributed by atoms with Crippen LogP contribution in [0.25, 0.3) is 0 Å². The molecule has 0 aliphatic carbocycles. The fraction of sp³-hybridized carbons (Fsp3) is 0.800. The highest BCUT2D eigenvalue weighted by molar-refractivity contribution is 6.78. The summed E-state index contributed by atoms with van der Waals surface area (Å²) in [5.41, 5.74) is 1.37. The topological polar surface area (TPSA) is 3.24 Å². The van der Waals surface area contributed by atoms with Crippen LogP contribution in [0.5, 0.6) is 0 Å². The maximum atomic E-state index is 4.01. The Morgan fingerprint density at radius 2 is 2.00 bits per heavy atom. The molecule has 0 aromatic carbocycles. The third kappa shape index (κ3) is 3.11. The van der Waals surface area contributed by atoms with E-state index >= 15 is 0 Å². The molecule has 70 valence electrons.